The normalized spacial score (nSPS) is 14.9. The van der Waals surface area contributed by atoms with Gasteiger partial charge < -0.3 is 10.1 Å². The van der Waals surface area contributed by atoms with Crippen molar-refractivity contribution in [2.45, 2.75) is 45.6 Å². The van der Waals surface area contributed by atoms with E-state index in [0.29, 0.717) is 6.61 Å². The molecule has 0 saturated carbocycles. The van der Waals surface area contributed by atoms with E-state index in [1.165, 1.54) is 37.7 Å². The van der Waals surface area contributed by atoms with E-state index in [1.54, 1.807) is 5.57 Å². The summed E-state index contributed by atoms with van der Waals surface area (Å²) in [5.41, 5.74) is 2.89. The molecule has 0 unspecified atom stereocenters. The van der Waals surface area contributed by atoms with Gasteiger partial charge in [-0.15, -0.1) is 0 Å². The Balaban J connectivity index is 1.81. The van der Waals surface area contributed by atoms with Gasteiger partial charge in [0.2, 0.25) is 0 Å². The number of nitrogens with one attached hydrogen (secondary N) is 1. The van der Waals surface area contributed by atoms with E-state index >= 15 is 0 Å². The molecule has 0 aliphatic heterocycles. The van der Waals surface area contributed by atoms with Gasteiger partial charge in [0.05, 0.1) is 15.6 Å². The summed E-state index contributed by atoms with van der Waals surface area (Å²) >= 11 is 7.16. The number of halogens is 2. The Kier molecular flexibility index (Phi) is 7.27. The summed E-state index contributed by atoms with van der Waals surface area (Å²) in [6.45, 7) is 4.60. The highest BCUT2D eigenvalue weighted by Gasteiger charge is 2.08. The molecule has 1 N–H and O–H groups in total. The molecule has 0 amide bonds. The lowest BCUT2D eigenvalue weighted by Gasteiger charge is -2.14. The van der Waals surface area contributed by atoms with E-state index in [1.807, 2.05) is 6.92 Å². The molecule has 1 aromatic rings. The lowest BCUT2D eigenvalue weighted by atomic mass is 9.97. The summed E-state index contributed by atoms with van der Waals surface area (Å²) < 4.78 is 7.62. The Morgan fingerprint density at radius 2 is 1.95 bits per heavy atom. The zero-order valence-electron chi connectivity index (χ0n) is 12.6. The SMILES string of the molecule is CCOc1c(Br)cc(CNCCC2=CCCCC2)cc1Br. The minimum absolute atomic E-state index is 0.671. The molecular formula is C17H23Br2NO. The van der Waals surface area contributed by atoms with Gasteiger partial charge in [-0.2, -0.15) is 0 Å². The molecule has 0 radical (unpaired) electrons. The van der Waals surface area contributed by atoms with Crippen molar-refractivity contribution < 1.29 is 4.74 Å². The Hall–Kier alpha value is -0.320. The monoisotopic (exact) mass is 415 g/mol. The first kappa shape index (κ1) is 17.0. The second-order valence-corrected chi connectivity index (χ2v) is 7.07. The first-order valence-corrected chi connectivity index (χ1v) is 9.28. The molecule has 1 aromatic carbocycles. The minimum Gasteiger partial charge on any atom is -0.492 e. The van der Waals surface area contributed by atoms with Gasteiger partial charge in [-0.25, -0.2) is 0 Å². The first-order chi connectivity index (χ1) is 10.2. The van der Waals surface area contributed by atoms with E-state index in [2.05, 4.69) is 55.4 Å². The molecule has 2 rings (SSSR count). The fourth-order valence-corrected chi connectivity index (χ4v) is 4.12. The van der Waals surface area contributed by atoms with E-state index < -0.39 is 0 Å². The van der Waals surface area contributed by atoms with Gasteiger partial charge in [0.15, 0.2) is 0 Å². The topological polar surface area (TPSA) is 21.3 Å². The number of hydrogen-bond donors (Lipinski definition) is 1. The number of ether oxygens (including phenoxy) is 1. The van der Waals surface area contributed by atoms with Crippen LogP contribution in [-0.2, 0) is 6.54 Å². The highest BCUT2D eigenvalue weighted by Crippen LogP contribution is 2.34. The largest absolute Gasteiger partial charge is 0.492 e. The van der Waals surface area contributed by atoms with Crippen LogP contribution in [0.5, 0.6) is 5.75 Å². The smallest absolute Gasteiger partial charge is 0.147 e. The van der Waals surface area contributed by atoms with Crippen LogP contribution >= 0.6 is 31.9 Å². The molecule has 116 valence electrons. The number of benzene rings is 1. The Bertz CT molecular complexity index is 477. The molecule has 21 heavy (non-hydrogen) atoms. The summed E-state index contributed by atoms with van der Waals surface area (Å²) in [6, 6.07) is 4.26. The fourth-order valence-electron chi connectivity index (χ4n) is 2.61. The first-order valence-electron chi connectivity index (χ1n) is 7.70. The molecule has 0 atom stereocenters. The molecule has 1 aliphatic rings. The predicted octanol–water partition coefficient (Wildman–Crippen LogP) is 5.59. The highest BCUT2D eigenvalue weighted by molar-refractivity contribution is 9.11. The molecule has 0 saturated heterocycles. The van der Waals surface area contributed by atoms with Gasteiger partial charge >= 0.3 is 0 Å². The van der Waals surface area contributed by atoms with Crippen molar-refractivity contribution in [1.29, 1.82) is 0 Å². The molecule has 0 fully saturated rings. The maximum Gasteiger partial charge on any atom is 0.147 e. The fraction of sp³-hybridized carbons (Fsp3) is 0.529. The van der Waals surface area contributed by atoms with E-state index in [9.17, 15) is 0 Å². The molecule has 0 heterocycles. The highest BCUT2D eigenvalue weighted by atomic mass is 79.9. The zero-order chi connectivity index (χ0) is 15.1. The van der Waals surface area contributed by atoms with Crippen molar-refractivity contribution in [2.24, 2.45) is 0 Å². The summed E-state index contributed by atoms with van der Waals surface area (Å²) in [5.74, 6) is 0.883. The van der Waals surface area contributed by atoms with Crippen LogP contribution < -0.4 is 10.1 Å². The average molecular weight is 417 g/mol. The van der Waals surface area contributed by atoms with E-state index in [0.717, 1.165) is 27.8 Å². The van der Waals surface area contributed by atoms with Crippen LogP contribution in [0.4, 0.5) is 0 Å². The maximum absolute atomic E-state index is 5.61. The Labute approximate surface area is 144 Å². The van der Waals surface area contributed by atoms with Crippen molar-refractivity contribution in [3.63, 3.8) is 0 Å². The number of rotatable bonds is 7. The quantitative estimate of drug-likeness (QED) is 0.462. The Morgan fingerprint density at radius 1 is 1.19 bits per heavy atom. The molecule has 1 aliphatic carbocycles. The summed E-state index contributed by atoms with van der Waals surface area (Å²) in [7, 11) is 0. The molecule has 0 bridgehead atoms. The second-order valence-electron chi connectivity index (χ2n) is 5.36. The van der Waals surface area contributed by atoms with E-state index in [-0.39, 0.29) is 0 Å². The third-order valence-corrected chi connectivity index (χ3v) is 4.86. The third-order valence-electron chi connectivity index (χ3n) is 3.68. The standard InChI is InChI=1S/C17H23Br2NO/c1-2-21-17-15(18)10-14(11-16(17)19)12-20-9-8-13-6-4-3-5-7-13/h6,10-11,20H,2-5,7-9,12H2,1H3. The van der Waals surface area contributed by atoms with Crippen LogP contribution in [0.15, 0.2) is 32.7 Å². The van der Waals surface area contributed by atoms with Crippen molar-refractivity contribution in [2.75, 3.05) is 13.2 Å². The number of allylic oxidation sites excluding steroid dienone is 1. The lowest BCUT2D eigenvalue weighted by molar-refractivity contribution is 0.336. The van der Waals surface area contributed by atoms with Crippen LogP contribution in [-0.4, -0.2) is 13.2 Å². The van der Waals surface area contributed by atoms with Crippen LogP contribution in [0.25, 0.3) is 0 Å². The van der Waals surface area contributed by atoms with Crippen molar-refractivity contribution in [3.05, 3.63) is 38.3 Å². The van der Waals surface area contributed by atoms with Crippen molar-refractivity contribution in [3.8, 4) is 5.75 Å². The van der Waals surface area contributed by atoms with Crippen molar-refractivity contribution in [1.82, 2.24) is 5.32 Å². The minimum atomic E-state index is 0.671. The lowest BCUT2D eigenvalue weighted by Crippen LogP contribution is -2.15. The van der Waals surface area contributed by atoms with Gasteiger partial charge in [0.1, 0.15) is 5.75 Å². The van der Waals surface area contributed by atoms with E-state index in [4.69, 9.17) is 4.74 Å². The second kappa shape index (κ2) is 8.96. The molecule has 0 spiro atoms. The average Bonchev–Trinajstić information content (AvgIpc) is 2.48. The van der Waals surface area contributed by atoms with Crippen LogP contribution in [0.2, 0.25) is 0 Å². The molecule has 4 heteroatoms. The van der Waals surface area contributed by atoms with Crippen LogP contribution in [0, 0.1) is 0 Å². The zero-order valence-corrected chi connectivity index (χ0v) is 15.7. The van der Waals surface area contributed by atoms with Crippen molar-refractivity contribution >= 4 is 31.9 Å². The van der Waals surface area contributed by atoms with Gasteiger partial charge in [-0.05, 0) is 95.1 Å². The maximum atomic E-state index is 5.61. The summed E-state index contributed by atoms with van der Waals surface area (Å²) in [6.07, 6.45) is 8.90. The summed E-state index contributed by atoms with van der Waals surface area (Å²) in [5, 5.41) is 3.53. The van der Waals surface area contributed by atoms with Gasteiger partial charge in [-0.3, -0.25) is 0 Å². The Morgan fingerprint density at radius 3 is 2.57 bits per heavy atom. The van der Waals surface area contributed by atoms with Gasteiger partial charge in [0, 0.05) is 6.54 Å². The molecular weight excluding hydrogens is 394 g/mol. The summed E-state index contributed by atoms with van der Waals surface area (Å²) in [4.78, 5) is 0. The third kappa shape index (κ3) is 5.42. The molecule has 0 aromatic heterocycles. The predicted molar refractivity (Wildman–Crippen MR) is 95.9 cm³/mol. The van der Waals surface area contributed by atoms with Crippen LogP contribution in [0.1, 0.15) is 44.6 Å². The number of hydrogen-bond acceptors (Lipinski definition) is 2. The molecule has 2 nitrogen and oxygen atoms in total. The van der Waals surface area contributed by atoms with Gasteiger partial charge in [-0.1, -0.05) is 11.6 Å². The van der Waals surface area contributed by atoms with Crippen LogP contribution in [0.3, 0.4) is 0 Å². The van der Waals surface area contributed by atoms with Gasteiger partial charge in [0.25, 0.3) is 0 Å².